The minimum atomic E-state index is -6.08. The number of phosphoric ester groups is 1. The number of rotatable bonds is 5. The topological polar surface area (TPSA) is 255 Å². The summed E-state index contributed by atoms with van der Waals surface area (Å²) in [5.41, 5.74) is 0. The number of ether oxygens (including phenoxy) is 1. The van der Waals surface area contributed by atoms with Crippen molar-refractivity contribution >= 4 is 23.2 Å². The third-order valence-electron chi connectivity index (χ3n) is 2.29. The van der Waals surface area contributed by atoms with Crippen molar-refractivity contribution in [2.75, 3.05) is 0 Å². The zero-order valence-electron chi connectivity index (χ0n) is 15.1. The van der Waals surface area contributed by atoms with E-state index in [9.17, 15) is 53.5 Å². The van der Waals surface area contributed by atoms with Crippen molar-refractivity contribution in [1.29, 1.82) is 0 Å². The molecule has 27 heavy (non-hydrogen) atoms. The fraction of sp³-hybridized carbons (Fsp3) is 1.00. The Morgan fingerprint density at radius 2 is 1.15 bits per heavy atom. The van der Waals surface area contributed by atoms with Crippen LogP contribution in [0.15, 0.2) is 0 Å². The van der Waals surface area contributed by atoms with Crippen LogP contribution in [0, 0.1) is 0 Å². The Balaban J connectivity index is -0.000000323. The van der Waals surface area contributed by atoms with Gasteiger partial charge in [0.15, 0.2) is 6.29 Å². The summed E-state index contributed by atoms with van der Waals surface area (Å²) in [5.74, 6) is -2.71. The molecule has 0 aliphatic carbocycles. The molecule has 0 bridgehead atoms. The minimum Gasteiger partial charge on any atom is -0.809 e. The standard InChI is InChI=1S/C5H13O14P3.5Na/c6-1-2(7)4(17-5(3(1)8)20(9,10)11)18-22(15,16)19-21(12,13)14;;;;;/h1-8H,(H,15,16)(H2,9,10,11)(H2,12,13,14);;;;;/q;5*+1/p-5/t1-,2+,3-,4+,5?;;;;;/m0...../s1. The minimum absolute atomic E-state index is 0. The molecule has 0 aromatic carbocycles. The van der Waals surface area contributed by atoms with Crippen LogP contribution in [0.2, 0.25) is 0 Å². The fourth-order valence-corrected chi connectivity index (χ4v) is 3.83. The van der Waals surface area contributed by atoms with Crippen molar-refractivity contribution < 1.29 is 215 Å². The van der Waals surface area contributed by atoms with E-state index in [2.05, 4.69) is 13.6 Å². The second kappa shape index (κ2) is 16.8. The maximum atomic E-state index is 11.1. The fourth-order valence-electron chi connectivity index (χ4n) is 1.45. The van der Waals surface area contributed by atoms with Gasteiger partial charge < -0.3 is 53.7 Å². The van der Waals surface area contributed by atoms with Gasteiger partial charge >= 0.3 is 148 Å². The van der Waals surface area contributed by atoms with Crippen LogP contribution in [0.25, 0.3) is 0 Å². The van der Waals surface area contributed by atoms with Crippen molar-refractivity contribution in [3.63, 3.8) is 0 Å². The SMILES string of the molecule is O=P([O-])([O-])OP(=O)([O-])O[C@H]1OC(P(=O)([O-])[O-])[C@@H](O)[C@@H](O)[C@H]1O.[Na+].[Na+].[Na+].[Na+].[Na+]. The Kier molecular flexibility index (Phi) is 26.4. The molecule has 1 aliphatic rings. The molecule has 0 aromatic rings. The van der Waals surface area contributed by atoms with Crippen LogP contribution < -0.4 is 172 Å². The normalized spacial score (nSPS) is 30.0. The van der Waals surface area contributed by atoms with E-state index in [1.165, 1.54) is 0 Å². The van der Waals surface area contributed by atoms with E-state index in [0.29, 0.717) is 0 Å². The number of hydrogen-bond donors (Lipinski definition) is 3. The first-order valence-electron chi connectivity index (χ1n) is 5.08. The van der Waals surface area contributed by atoms with Crippen LogP contribution in [0.5, 0.6) is 0 Å². The molecule has 1 heterocycles. The molecule has 3 N–H and O–H groups in total. The monoisotopic (exact) mass is 500 g/mol. The van der Waals surface area contributed by atoms with Gasteiger partial charge in [0.05, 0.1) is 7.82 Å². The zero-order chi connectivity index (χ0) is 17.5. The van der Waals surface area contributed by atoms with Crippen molar-refractivity contribution in [1.82, 2.24) is 0 Å². The first-order chi connectivity index (χ1) is 9.64. The van der Waals surface area contributed by atoms with Gasteiger partial charge in [0.1, 0.15) is 24.2 Å². The average Bonchev–Trinajstić information content (AvgIpc) is 2.24. The van der Waals surface area contributed by atoms with Gasteiger partial charge in [0.2, 0.25) is 0 Å². The number of phosphoric acid groups is 2. The molecule has 0 aromatic heterocycles. The maximum absolute atomic E-state index is 11.1. The second-order valence-electron chi connectivity index (χ2n) is 3.99. The van der Waals surface area contributed by atoms with E-state index < -0.39 is 53.7 Å². The van der Waals surface area contributed by atoms with Crippen LogP contribution in [-0.2, 0) is 27.3 Å². The molecule has 1 saturated heterocycles. The third-order valence-corrected chi connectivity index (χ3v) is 5.41. The summed E-state index contributed by atoms with van der Waals surface area (Å²) >= 11 is 0. The second-order valence-corrected chi connectivity index (χ2v) is 8.23. The molecule has 1 aliphatic heterocycles. The quantitative estimate of drug-likeness (QED) is 0.234. The van der Waals surface area contributed by atoms with Crippen molar-refractivity contribution in [3.8, 4) is 0 Å². The van der Waals surface area contributed by atoms with E-state index in [1.807, 2.05) is 0 Å². The summed E-state index contributed by atoms with van der Waals surface area (Å²) in [6.07, 6.45) is -9.88. The van der Waals surface area contributed by atoms with Gasteiger partial charge in [0.25, 0.3) is 7.82 Å². The van der Waals surface area contributed by atoms with E-state index in [0.717, 1.165) is 0 Å². The Bertz CT molecular complexity index is 553. The number of aliphatic hydroxyl groups excluding tert-OH is 3. The van der Waals surface area contributed by atoms with E-state index in [-0.39, 0.29) is 148 Å². The number of hydrogen-bond acceptors (Lipinski definition) is 14. The molecule has 0 radical (unpaired) electrons. The first kappa shape index (κ1) is 42.4. The molecule has 6 atom stereocenters. The maximum Gasteiger partial charge on any atom is 1.00 e. The van der Waals surface area contributed by atoms with Gasteiger partial charge in [0, 0.05) is 0 Å². The predicted molar refractivity (Wildman–Crippen MR) is 51.7 cm³/mol. The van der Waals surface area contributed by atoms with Crippen LogP contribution in [0.1, 0.15) is 0 Å². The predicted octanol–water partition coefficient (Wildman–Crippen LogP) is -21.0. The first-order valence-corrected chi connectivity index (χ1v) is 9.61. The smallest absolute Gasteiger partial charge is 0.809 e. The van der Waals surface area contributed by atoms with Crippen LogP contribution in [0.3, 0.4) is 0 Å². The molecule has 14 nitrogen and oxygen atoms in total. The van der Waals surface area contributed by atoms with Gasteiger partial charge in [-0.3, -0.25) is 13.4 Å². The van der Waals surface area contributed by atoms with E-state index >= 15 is 0 Å². The molecule has 132 valence electrons. The Morgan fingerprint density at radius 3 is 1.48 bits per heavy atom. The average molecular weight is 500 g/mol. The Hall–Kier alpha value is 5.25. The summed E-state index contributed by atoms with van der Waals surface area (Å²) < 4.78 is 43.0. The molecule has 2 unspecified atom stereocenters. The Morgan fingerprint density at radius 1 is 0.741 bits per heavy atom. The molecular formula is C5H8Na5O14P3. The van der Waals surface area contributed by atoms with Crippen LogP contribution in [-0.4, -0.2) is 45.8 Å². The van der Waals surface area contributed by atoms with Crippen molar-refractivity contribution in [3.05, 3.63) is 0 Å². The van der Waals surface area contributed by atoms with Crippen LogP contribution in [0.4, 0.5) is 0 Å². The molecule has 0 spiro atoms. The third kappa shape index (κ3) is 15.0. The van der Waals surface area contributed by atoms with E-state index in [4.69, 9.17) is 0 Å². The largest absolute Gasteiger partial charge is 1.00 e. The van der Waals surface area contributed by atoms with E-state index in [1.54, 1.807) is 0 Å². The number of aliphatic hydroxyl groups is 3. The van der Waals surface area contributed by atoms with Gasteiger partial charge in [-0.15, -0.1) is 0 Å². The van der Waals surface area contributed by atoms with Gasteiger partial charge in [-0.25, -0.2) is 0 Å². The molecular weight excluding hydrogens is 492 g/mol. The van der Waals surface area contributed by atoms with Gasteiger partial charge in [-0.1, -0.05) is 0 Å². The molecule has 1 rings (SSSR count). The summed E-state index contributed by atoms with van der Waals surface area (Å²) in [6.45, 7) is 0. The van der Waals surface area contributed by atoms with Crippen molar-refractivity contribution in [2.24, 2.45) is 0 Å². The van der Waals surface area contributed by atoms with Crippen LogP contribution >= 0.6 is 23.2 Å². The van der Waals surface area contributed by atoms with Crippen molar-refractivity contribution in [2.45, 2.75) is 30.4 Å². The summed E-state index contributed by atoms with van der Waals surface area (Å²) in [5, 5.41) is 27.9. The van der Waals surface area contributed by atoms with Gasteiger partial charge in [-0.05, 0) is 7.60 Å². The Labute approximate surface area is 264 Å². The summed E-state index contributed by atoms with van der Waals surface area (Å²) in [6, 6.07) is 0. The molecule has 1 fully saturated rings. The molecule has 0 amide bonds. The summed E-state index contributed by atoms with van der Waals surface area (Å²) in [4.78, 5) is 53.0. The molecule has 0 saturated carbocycles. The van der Waals surface area contributed by atoms with Gasteiger partial charge in [-0.2, -0.15) is 0 Å². The summed E-state index contributed by atoms with van der Waals surface area (Å²) in [7, 11) is -17.8. The molecule has 22 heteroatoms. The zero-order valence-corrected chi connectivity index (χ0v) is 27.7.